The summed E-state index contributed by atoms with van der Waals surface area (Å²) < 4.78 is 90.4. The zero-order chi connectivity index (χ0) is 39.1. The van der Waals surface area contributed by atoms with Crippen molar-refractivity contribution >= 4 is 79.8 Å². The maximum atomic E-state index is 13.4. The van der Waals surface area contributed by atoms with Gasteiger partial charge in [0.05, 0.1) is 57.9 Å². The van der Waals surface area contributed by atoms with Crippen LogP contribution in [0.1, 0.15) is 23.0 Å². The molecule has 1 aliphatic rings. The van der Waals surface area contributed by atoms with Crippen molar-refractivity contribution in [2.24, 2.45) is 5.10 Å². The van der Waals surface area contributed by atoms with Crippen LogP contribution in [-0.4, -0.2) is 71.7 Å². The van der Waals surface area contributed by atoms with E-state index in [1.807, 2.05) is 0 Å². The van der Waals surface area contributed by atoms with Crippen molar-refractivity contribution in [1.29, 1.82) is 0 Å². The minimum Gasteiger partial charge on any atom is -0.744 e. The Hall–Kier alpha value is 1.58. The van der Waals surface area contributed by atoms with E-state index in [2.05, 4.69) is 33.7 Å². The number of nitrogens with zero attached hydrogens (tertiary/aromatic N) is 4. The molecular weight excluding hydrogens is 953 g/mol. The molecule has 57 heavy (non-hydrogen) atoms. The molecule has 1 aliphatic heterocycles. The molecule has 0 saturated carbocycles. The number of esters is 2. The van der Waals surface area contributed by atoms with Crippen LogP contribution >= 0.6 is 24.1 Å². The number of hydrogen-bond donors (Lipinski definition) is 1. The third kappa shape index (κ3) is 16.0. The van der Waals surface area contributed by atoms with Gasteiger partial charge in [-0.05, 0) is 48.6 Å². The molecule has 282 valence electrons. The van der Waals surface area contributed by atoms with Crippen LogP contribution in [0, 0.1) is 0 Å². The van der Waals surface area contributed by atoms with Gasteiger partial charge in [-0.3, -0.25) is 19.7 Å². The van der Waals surface area contributed by atoms with Gasteiger partial charge in [-0.15, -0.1) is 5.10 Å². The second-order valence-electron chi connectivity index (χ2n) is 9.54. The molecule has 30 heteroatoms. The van der Waals surface area contributed by atoms with Crippen LogP contribution < -0.4 is 221 Å². The van der Waals surface area contributed by atoms with Crippen LogP contribution in [0.4, 0.5) is 5.69 Å². The standard InChI is InChI=1S/C27H22N4O18S4.4K/c1-14(32)45-24-18(26(34)31(29-24)20-13-16(51-49-47-37)9-11-22(20)53(41,42)43)7-5-3-4-6-17-23(27(35)44-2)28-30(25(17)33)19-12-15(50-48-46-36)8-10-21(19)52(38,39)40;;;;/h3-13,33,36-37H,1-2H3,(H,38,39,40)(H,41,42,43);;;;/q;4*+1/p-4/b5-3+,6-4+,18-7-;;;;. The average Bonchev–Trinajstić information content (AvgIpc) is 3.59. The van der Waals surface area contributed by atoms with E-state index in [4.69, 9.17) is 4.74 Å². The number of benzene rings is 2. The van der Waals surface area contributed by atoms with Crippen molar-refractivity contribution in [2.45, 2.75) is 26.5 Å². The molecule has 2 aromatic carbocycles. The Morgan fingerprint density at radius 2 is 1.37 bits per heavy atom. The van der Waals surface area contributed by atoms with Crippen molar-refractivity contribution in [3.63, 3.8) is 0 Å². The Balaban J connectivity index is 0.00000784. The van der Waals surface area contributed by atoms with Gasteiger partial charge in [-0.2, -0.15) is 23.5 Å². The summed E-state index contributed by atoms with van der Waals surface area (Å²) in [5.41, 5.74) is -2.53. The Morgan fingerprint density at radius 3 is 1.86 bits per heavy atom. The minimum atomic E-state index is -5.22. The largest absolute Gasteiger partial charge is 1.00 e. The van der Waals surface area contributed by atoms with Crippen molar-refractivity contribution in [2.75, 3.05) is 12.1 Å². The number of ether oxygens (including phenoxy) is 2. The number of hydrazone groups is 1. The predicted octanol–water partition coefficient (Wildman–Crippen LogP) is -11.9. The third-order valence-electron chi connectivity index (χ3n) is 6.28. The fourth-order valence-corrected chi connectivity index (χ4v) is 6.28. The van der Waals surface area contributed by atoms with Crippen molar-refractivity contribution in [3.05, 3.63) is 77.5 Å². The number of carbonyl (C=O) groups excluding carboxylic acids is 3. The molecule has 1 N–H and O–H groups in total. The molecule has 2 heterocycles. The quantitative estimate of drug-likeness (QED) is 0.0229. The number of carbonyl (C=O) groups is 3. The molecule has 1 aromatic heterocycles. The number of aromatic nitrogens is 2. The monoisotopic (exact) mass is 970 g/mol. The van der Waals surface area contributed by atoms with Crippen LogP contribution in [0.3, 0.4) is 0 Å². The van der Waals surface area contributed by atoms with Gasteiger partial charge in [0, 0.05) is 16.7 Å². The molecule has 3 aromatic rings. The van der Waals surface area contributed by atoms with Gasteiger partial charge in [0.1, 0.15) is 25.8 Å². The molecule has 0 atom stereocenters. The summed E-state index contributed by atoms with van der Waals surface area (Å²) in [5.74, 6) is -4.64. The molecule has 4 rings (SSSR count). The van der Waals surface area contributed by atoms with Gasteiger partial charge in [0.25, 0.3) is 11.8 Å². The van der Waals surface area contributed by atoms with E-state index in [-0.39, 0.29) is 221 Å². The Labute approximate surface area is 501 Å². The van der Waals surface area contributed by atoms with Crippen molar-refractivity contribution in [3.8, 4) is 11.6 Å². The zero-order valence-corrected chi connectivity index (χ0v) is 45.9. The first-order chi connectivity index (χ1) is 25.0. The summed E-state index contributed by atoms with van der Waals surface area (Å²) in [6.07, 6.45) is 5.71. The van der Waals surface area contributed by atoms with E-state index in [1.165, 1.54) is 18.2 Å². The van der Waals surface area contributed by atoms with Gasteiger partial charge in [-0.25, -0.2) is 21.6 Å². The van der Waals surface area contributed by atoms with E-state index >= 15 is 0 Å². The fraction of sp³-hybridized carbons (Fsp3) is 0.0741. The SMILES string of the molecule is COC(=O)c1nn(-c2cc(SOO[O-])ccc2S(=O)(=O)[O-])c(O)c1/C=C/C=C/C=C1\C(=O)N(c2cc(SOO[O-])ccc2S(=O)(=O)[O-])N=C1OC(C)=O.[K+].[K+].[K+].[K+]. The number of allylic oxidation sites excluding steroid dienone is 4. The first-order valence-electron chi connectivity index (χ1n) is 13.6. The fourth-order valence-electron chi connectivity index (χ4n) is 4.23. The van der Waals surface area contributed by atoms with Gasteiger partial charge in [-0.1, -0.05) is 18.2 Å². The van der Waals surface area contributed by atoms with Gasteiger partial charge >= 0.3 is 217 Å². The van der Waals surface area contributed by atoms with Crippen molar-refractivity contribution in [1.82, 2.24) is 9.78 Å². The predicted molar refractivity (Wildman–Crippen MR) is 168 cm³/mol. The summed E-state index contributed by atoms with van der Waals surface area (Å²) >= 11 is 0.617. The first kappa shape index (κ1) is 58.6. The summed E-state index contributed by atoms with van der Waals surface area (Å²) in [7, 11) is -9.45. The molecule has 0 saturated heterocycles. The van der Waals surface area contributed by atoms with Gasteiger partial charge in [0.2, 0.25) is 5.88 Å². The Morgan fingerprint density at radius 1 is 0.842 bits per heavy atom. The molecule has 0 spiro atoms. The molecule has 22 nitrogen and oxygen atoms in total. The van der Waals surface area contributed by atoms with Gasteiger partial charge < -0.3 is 34.2 Å². The van der Waals surface area contributed by atoms with Crippen LogP contribution in [0.2, 0.25) is 0 Å². The second kappa shape index (κ2) is 27.0. The summed E-state index contributed by atoms with van der Waals surface area (Å²) in [6, 6.07) is 5.71. The first-order valence-corrected chi connectivity index (χ1v) is 17.9. The number of anilines is 1. The second-order valence-corrected chi connectivity index (χ2v) is 13.8. The minimum absolute atomic E-state index is 0. The molecule has 0 unspecified atom stereocenters. The number of aromatic hydroxyl groups is 1. The van der Waals surface area contributed by atoms with Crippen molar-refractivity contribution < 1.29 is 290 Å². The van der Waals surface area contributed by atoms with E-state index in [0.29, 0.717) is 33.8 Å². The maximum Gasteiger partial charge on any atom is 1.00 e. The summed E-state index contributed by atoms with van der Waals surface area (Å²) in [6.45, 7) is 0.974. The topological polar surface area (TPSA) is 321 Å². The normalized spacial score (nSPS) is 13.4. The van der Waals surface area contributed by atoms with E-state index < -0.39 is 82.3 Å². The Bertz CT molecular complexity index is 2300. The zero-order valence-electron chi connectivity index (χ0n) is 30.2. The molecule has 0 bridgehead atoms. The summed E-state index contributed by atoms with van der Waals surface area (Å²) in [4.78, 5) is 35.9. The molecular formula is C27H18K4N4O18S4. The van der Waals surface area contributed by atoms with Crippen LogP contribution in [0.15, 0.2) is 91.0 Å². The maximum absolute atomic E-state index is 13.4. The molecule has 0 radical (unpaired) electrons. The number of hydrogen-bond acceptors (Lipinski definition) is 22. The average molecular weight is 971 g/mol. The Kier molecular flexibility index (Phi) is 27.8. The van der Waals surface area contributed by atoms with E-state index in [1.54, 1.807) is 0 Å². The molecule has 0 fully saturated rings. The van der Waals surface area contributed by atoms with E-state index in [9.17, 15) is 55.9 Å². The number of amides is 1. The number of rotatable bonds is 14. The number of methoxy groups -OCH3 is 1. The van der Waals surface area contributed by atoms with Crippen LogP contribution in [-0.2, 0) is 58.0 Å². The van der Waals surface area contributed by atoms with Gasteiger partial charge in [0.15, 0.2) is 5.69 Å². The smallest absolute Gasteiger partial charge is 0.744 e. The van der Waals surface area contributed by atoms with Crippen LogP contribution in [0.5, 0.6) is 5.88 Å². The van der Waals surface area contributed by atoms with E-state index in [0.717, 1.165) is 62.6 Å². The van der Waals surface area contributed by atoms with Crippen LogP contribution in [0.25, 0.3) is 11.8 Å². The summed E-state index contributed by atoms with van der Waals surface area (Å²) in [5, 5.41) is 46.1. The third-order valence-corrected chi connectivity index (χ3v) is 9.19. The molecule has 0 aliphatic carbocycles. The molecule has 1 amide bonds.